The minimum atomic E-state index is -0.431. The first-order chi connectivity index (χ1) is 12.2. The number of nitrogens with zero attached hydrogens (tertiary/aromatic N) is 3. The van der Waals surface area contributed by atoms with Gasteiger partial charge >= 0.3 is 5.69 Å². The van der Waals surface area contributed by atoms with Crippen molar-refractivity contribution in [3.05, 3.63) is 80.6 Å². The van der Waals surface area contributed by atoms with Crippen LogP contribution in [-0.4, -0.2) is 26.1 Å². The highest BCUT2D eigenvalue weighted by Gasteiger charge is 2.23. The monoisotopic (exact) mass is 339 g/mol. The Balaban J connectivity index is 1.65. The number of aromatic amines is 1. The van der Waals surface area contributed by atoms with Gasteiger partial charge < -0.3 is 9.73 Å². The quantitative estimate of drug-likeness (QED) is 0.735. The molecule has 3 aromatic rings. The second kappa shape index (κ2) is 6.40. The fraction of sp³-hybridized carbons (Fsp3) is 0.235. The molecule has 0 saturated heterocycles. The van der Waals surface area contributed by atoms with E-state index in [1.54, 1.807) is 18.7 Å². The minimum Gasteiger partial charge on any atom is -0.468 e. The molecule has 0 aromatic carbocycles. The summed E-state index contributed by atoms with van der Waals surface area (Å²) in [7, 11) is 0. The minimum absolute atomic E-state index is 0.344. The molecule has 0 radical (unpaired) electrons. The molecule has 0 fully saturated rings. The van der Waals surface area contributed by atoms with Crippen LogP contribution in [0.1, 0.15) is 16.9 Å². The molecule has 128 valence electrons. The molecule has 0 spiro atoms. The van der Waals surface area contributed by atoms with Gasteiger partial charge in [-0.3, -0.25) is 24.2 Å². The van der Waals surface area contributed by atoms with Crippen LogP contribution < -0.4 is 16.6 Å². The highest BCUT2D eigenvalue weighted by atomic mass is 16.3. The van der Waals surface area contributed by atoms with E-state index in [9.17, 15) is 9.59 Å². The molecule has 4 rings (SSSR count). The van der Waals surface area contributed by atoms with Gasteiger partial charge in [-0.2, -0.15) is 0 Å². The van der Waals surface area contributed by atoms with E-state index in [4.69, 9.17) is 4.42 Å². The SMILES string of the molecule is O=c1[nH]c(=O)n(Cc2cccnc2)c2c1CN(Cc1ccco1)CN2. The van der Waals surface area contributed by atoms with Gasteiger partial charge in [-0.05, 0) is 23.8 Å². The summed E-state index contributed by atoms with van der Waals surface area (Å²) in [6.45, 7) is 1.88. The van der Waals surface area contributed by atoms with Crippen LogP contribution in [0, 0.1) is 0 Å². The molecule has 1 aliphatic heterocycles. The van der Waals surface area contributed by atoms with Gasteiger partial charge in [0.15, 0.2) is 0 Å². The summed E-state index contributed by atoms with van der Waals surface area (Å²) in [6, 6.07) is 7.43. The van der Waals surface area contributed by atoms with Gasteiger partial charge in [-0.15, -0.1) is 0 Å². The molecule has 0 aliphatic carbocycles. The Hall–Kier alpha value is -3.13. The van der Waals surface area contributed by atoms with Crippen LogP contribution in [0.2, 0.25) is 0 Å². The summed E-state index contributed by atoms with van der Waals surface area (Å²) in [4.78, 5) is 33.1. The molecule has 0 saturated carbocycles. The molecule has 8 heteroatoms. The zero-order valence-corrected chi connectivity index (χ0v) is 13.4. The van der Waals surface area contributed by atoms with Crippen molar-refractivity contribution in [2.75, 3.05) is 12.0 Å². The first-order valence-electron chi connectivity index (χ1n) is 7.94. The van der Waals surface area contributed by atoms with E-state index in [-0.39, 0.29) is 5.56 Å². The lowest BCUT2D eigenvalue weighted by Crippen LogP contribution is -2.43. The molecule has 8 nitrogen and oxygen atoms in total. The topological polar surface area (TPSA) is 96.2 Å². The molecule has 4 heterocycles. The molecule has 0 bridgehead atoms. The third kappa shape index (κ3) is 3.11. The molecule has 0 unspecified atom stereocenters. The highest BCUT2D eigenvalue weighted by Crippen LogP contribution is 2.20. The second-order valence-electron chi connectivity index (χ2n) is 5.94. The standard InChI is InChI=1S/C17H17N5O3/c23-16-14-10-21(9-13-4-2-6-25-13)11-19-15(14)22(17(24)20-16)8-12-3-1-5-18-7-12/h1-7,19H,8-11H2,(H,20,23,24). The van der Waals surface area contributed by atoms with Crippen molar-refractivity contribution >= 4 is 5.82 Å². The smallest absolute Gasteiger partial charge is 0.330 e. The Morgan fingerprint density at radius 1 is 1.20 bits per heavy atom. The van der Waals surface area contributed by atoms with E-state index in [0.29, 0.717) is 37.7 Å². The van der Waals surface area contributed by atoms with Crippen molar-refractivity contribution in [3.63, 3.8) is 0 Å². The number of hydrogen-bond acceptors (Lipinski definition) is 6. The largest absolute Gasteiger partial charge is 0.468 e. The summed E-state index contributed by atoms with van der Waals surface area (Å²) < 4.78 is 6.90. The number of hydrogen-bond donors (Lipinski definition) is 2. The maximum atomic E-state index is 12.3. The number of anilines is 1. The van der Waals surface area contributed by atoms with Gasteiger partial charge in [-0.1, -0.05) is 6.07 Å². The molecule has 0 atom stereocenters. The Morgan fingerprint density at radius 3 is 2.88 bits per heavy atom. The van der Waals surface area contributed by atoms with Crippen molar-refractivity contribution in [1.29, 1.82) is 0 Å². The normalized spacial score (nSPS) is 14.1. The number of fused-ring (bicyclic) bond motifs is 1. The second-order valence-corrected chi connectivity index (χ2v) is 5.94. The lowest BCUT2D eigenvalue weighted by Gasteiger charge is -2.30. The molecule has 0 amide bonds. The maximum Gasteiger partial charge on any atom is 0.330 e. The number of rotatable bonds is 4. The molecular weight excluding hydrogens is 322 g/mol. The Bertz CT molecular complexity index is 976. The van der Waals surface area contributed by atoms with Gasteiger partial charge in [0.1, 0.15) is 11.6 Å². The number of nitrogens with one attached hydrogen (secondary N) is 2. The Labute approximate surface area is 142 Å². The van der Waals surface area contributed by atoms with Crippen molar-refractivity contribution in [2.24, 2.45) is 0 Å². The van der Waals surface area contributed by atoms with Crippen LogP contribution in [-0.2, 0) is 19.6 Å². The third-order valence-corrected chi connectivity index (χ3v) is 4.17. The predicted octanol–water partition coefficient (Wildman–Crippen LogP) is 0.958. The van der Waals surface area contributed by atoms with Gasteiger partial charge in [-0.25, -0.2) is 4.79 Å². The highest BCUT2D eigenvalue weighted by molar-refractivity contribution is 5.46. The van der Waals surface area contributed by atoms with Crippen LogP contribution >= 0.6 is 0 Å². The van der Waals surface area contributed by atoms with Crippen LogP contribution in [0.3, 0.4) is 0 Å². The molecule has 1 aliphatic rings. The number of pyridine rings is 1. The van der Waals surface area contributed by atoms with Crippen molar-refractivity contribution in [2.45, 2.75) is 19.6 Å². The van der Waals surface area contributed by atoms with E-state index in [0.717, 1.165) is 11.3 Å². The maximum absolute atomic E-state index is 12.3. The van der Waals surface area contributed by atoms with E-state index < -0.39 is 5.69 Å². The van der Waals surface area contributed by atoms with Crippen LogP contribution in [0.5, 0.6) is 0 Å². The van der Waals surface area contributed by atoms with E-state index >= 15 is 0 Å². The summed E-state index contributed by atoms with van der Waals surface area (Å²) in [5.74, 6) is 1.39. The zero-order valence-electron chi connectivity index (χ0n) is 13.4. The van der Waals surface area contributed by atoms with Crippen molar-refractivity contribution in [1.82, 2.24) is 19.4 Å². The van der Waals surface area contributed by atoms with E-state index in [2.05, 4.69) is 15.3 Å². The average molecular weight is 339 g/mol. The van der Waals surface area contributed by atoms with Gasteiger partial charge in [0, 0.05) is 18.9 Å². The molecule has 25 heavy (non-hydrogen) atoms. The fourth-order valence-corrected chi connectivity index (χ4v) is 2.99. The van der Waals surface area contributed by atoms with Gasteiger partial charge in [0.05, 0.1) is 31.6 Å². The van der Waals surface area contributed by atoms with Crippen LogP contribution in [0.25, 0.3) is 0 Å². The van der Waals surface area contributed by atoms with Gasteiger partial charge in [0.25, 0.3) is 5.56 Å². The average Bonchev–Trinajstić information content (AvgIpc) is 3.13. The number of furan rings is 1. The summed E-state index contributed by atoms with van der Waals surface area (Å²) >= 11 is 0. The van der Waals surface area contributed by atoms with Crippen LogP contribution in [0.4, 0.5) is 5.82 Å². The van der Waals surface area contributed by atoms with Crippen LogP contribution in [0.15, 0.2) is 56.9 Å². The lowest BCUT2D eigenvalue weighted by molar-refractivity contribution is 0.240. The molecule has 2 N–H and O–H groups in total. The number of H-pyrrole nitrogens is 1. The lowest BCUT2D eigenvalue weighted by atomic mass is 10.2. The Kier molecular flexibility index (Phi) is 3.95. The zero-order chi connectivity index (χ0) is 17.2. The summed E-state index contributed by atoms with van der Waals surface area (Å²) in [6.07, 6.45) is 5.01. The Morgan fingerprint density at radius 2 is 2.12 bits per heavy atom. The van der Waals surface area contributed by atoms with E-state index in [1.165, 1.54) is 4.57 Å². The summed E-state index contributed by atoms with van der Waals surface area (Å²) in [5.41, 5.74) is 0.638. The third-order valence-electron chi connectivity index (χ3n) is 4.17. The predicted molar refractivity (Wildman–Crippen MR) is 91.1 cm³/mol. The molecule has 3 aromatic heterocycles. The van der Waals surface area contributed by atoms with Crippen molar-refractivity contribution < 1.29 is 4.42 Å². The van der Waals surface area contributed by atoms with Gasteiger partial charge in [0.2, 0.25) is 0 Å². The fourth-order valence-electron chi connectivity index (χ4n) is 2.99. The first kappa shape index (κ1) is 15.4. The van der Waals surface area contributed by atoms with E-state index in [1.807, 2.05) is 29.2 Å². The number of aromatic nitrogens is 3. The van der Waals surface area contributed by atoms with Crippen molar-refractivity contribution in [3.8, 4) is 0 Å². The first-order valence-corrected chi connectivity index (χ1v) is 7.94. The molecular formula is C17H17N5O3. The summed E-state index contributed by atoms with van der Waals surface area (Å²) in [5, 5.41) is 3.20.